The molecule has 14 heavy (non-hydrogen) atoms. The molecule has 1 N–H and O–H groups in total. The highest BCUT2D eigenvalue weighted by Crippen LogP contribution is 2.34. The minimum atomic E-state index is 0.479. The second-order valence-corrected chi connectivity index (χ2v) is 4.67. The molecular formula is C12H16ClN. The fraction of sp³-hybridized carbons (Fsp3) is 0.500. The van der Waals surface area contributed by atoms with Gasteiger partial charge in [-0.1, -0.05) is 24.6 Å². The van der Waals surface area contributed by atoms with Gasteiger partial charge in [0.2, 0.25) is 0 Å². The van der Waals surface area contributed by atoms with Crippen molar-refractivity contribution < 1.29 is 0 Å². The Morgan fingerprint density at radius 3 is 2.93 bits per heavy atom. The Bertz CT molecular complexity index is 335. The van der Waals surface area contributed by atoms with Crippen molar-refractivity contribution in [2.75, 3.05) is 7.05 Å². The smallest absolute Gasteiger partial charge is 0.0409 e. The van der Waals surface area contributed by atoms with Crippen LogP contribution in [-0.2, 0) is 6.42 Å². The van der Waals surface area contributed by atoms with Crippen molar-refractivity contribution in [3.05, 3.63) is 34.3 Å². The lowest BCUT2D eigenvalue weighted by molar-refractivity contribution is 0.399. The predicted molar refractivity (Wildman–Crippen MR) is 60.7 cm³/mol. The first-order valence-electron chi connectivity index (χ1n) is 5.16. The lowest BCUT2D eigenvalue weighted by Gasteiger charge is -2.29. The van der Waals surface area contributed by atoms with Crippen molar-refractivity contribution in [1.82, 2.24) is 5.32 Å². The molecule has 0 aromatic heterocycles. The van der Waals surface area contributed by atoms with Crippen molar-refractivity contribution in [2.24, 2.45) is 5.92 Å². The zero-order chi connectivity index (χ0) is 10.1. The van der Waals surface area contributed by atoms with Crippen LogP contribution in [0.25, 0.3) is 0 Å². The lowest BCUT2D eigenvalue weighted by atomic mass is 9.82. The van der Waals surface area contributed by atoms with Crippen LogP contribution in [0.1, 0.15) is 30.5 Å². The van der Waals surface area contributed by atoms with E-state index in [9.17, 15) is 0 Å². The van der Waals surface area contributed by atoms with E-state index in [0.29, 0.717) is 6.04 Å². The first kappa shape index (κ1) is 10.0. The molecule has 0 saturated heterocycles. The van der Waals surface area contributed by atoms with Crippen LogP contribution in [0.5, 0.6) is 0 Å². The zero-order valence-electron chi connectivity index (χ0n) is 8.68. The lowest BCUT2D eigenvalue weighted by Crippen LogP contribution is -2.25. The van der Waals surface area contributed by atoms with E-state index in [4.69, 9.17) is 11.6 Å². The monoisotopic (exact) mass is 209 g/mol. The molecule has 1 aromatic carbocycles. The molecule has 2 heteroatoms. The van der Waals surface area contributed by atoms with Gasteiger partial charge in [0.25, 0.3) is 0 Å². The number of benzene rings is 1. The predicted octanol–water partition coefficient (Wildman–Crippen LogP) is 3.18. The normalized spacial score (nSPS) is 25.9. The van der Waals surface area contributed by atoms with Gasteiger partial charge in [0.1, 0.15) is 0 Å². The molecule has 1 aliphatic rings. The molecule has 0 bridgehead atoms. The molecule has 2 atom stereocenters. The third-order valence-electron chi connectivity index (χ3n) is 3.04. The van der Waals surface area contributed by atoms with Crippen molar-refractivity contribution in [3.8, 4) is 0 Å². The average Bonchev–Trinajstić information content (AvgIpc) is 2.17. The Morgan fingerprint density at radius 1 is 1.43 bits per heavy atom. The second kappa shape index (κ2) is 3.92. The highest BCUT2D eigenvalue weighted by Gasteiger charge is 2.23. The Labute approximate surface area is 90.5 Å². The summed E-state index contributed by atoms with van der Waals surface area (Å²) in [5.41, 5.74) is 2.84. The quantitative estimate of drug-likeness (QED) is 0.749. The summed E-state index contributed by atoms with van der Waals surface area (Å²) in [6, 6.07) is 6.74. The molecule has 0 fully saturated rings. The third-order valence-corrected chi connectivity index (χ3v) is 3.27. The maximum Gasteiger partial charge on any atom is 0.0409 e. The number of halogens is 1. The number of fused-ring (bicyclic) bond motifs is 1. The van der Waals surface area contributed by atoms with Crippen molar-refractivity contribution in [3.63, 3.8) is 0 Å². The molecule has 1 aliphatic carbocycles. The van der Waals surface area contributed by atoms with Crippen molar-refractivity contribution >= 4 is 11.6 Å². The van der Waals surface area contributed by atoms with E-state index in [1.54, 1.807) is 0 Å². The van der Waals surface area contributed by atoms with Gasteiger partial charge in [0.05, 0.1) is 0 Å². The fourth-order valence-corrected chi connectivity index (χ4v) is 2.52. The standard InChI is InChI=1S/C12H16ClN/c1-8-5-9-3-4-10(13)7-11(9)12(6-8)14-2/h3-4,7-8,12,14H,5-6H2,1-2H3. The van der Waals surface area contributed by atoms with E-state index in [1.807, 2.05) is 13.1 Å². The van der Waals surface area contributed by atoms with Crippen LogP contribution in [0.4, 0.5) is 0 Å². The number of hydrogen-bond acceptors (Lipinski definition) is 1. The largest absolute Gasteiger partial charge is 0.313 e. The number of rotatable bonds is 1. The van der Waals surface area contributed by atoms with Crippen LogP contribution >= 0.6 is 11.6 Å². The van der Waals surface area contributed by atoms with Crippen molar-refractivity contribution in [2.45, 2.75) is 25.8 Å². The van der Waals surface area contributed by atoms with Crippen LogP contribution in [-0.4, -0.2) is 7.05 Å². The van der Waals surface area contributed by atoms with Crippen LogP contribution in [0.15, 0.2) is 18.2 Å². The van der Waals surface area contributed by atoms with Gasteiger partial charge < -0.3 is 5.32 Å². The maximum absolute atomic E-state index is 6.01. The molecule has 0 saturated carbocycles. The van der Waals surface area contributed by atoms with Crippen LogP contribution in [0.3, 0.4) is 0 Å². The molecule has 76 valence electrons. The van der Waals surface area contributed by atoms with Gasteiger partial charge >= 0.3 is 0 Å². The van der Waals surface area contributed by atoms with E-state index < -0.39 is 0 Å². The summed E-state index contributed by atoms with van der Waals surface area (Å²) < 4.78 is 0. The molecule has 1 nitrogen and oxygen atoms in total. The first-order chi connectivity index (χ1) is 6.70. The average molecular weight is 210 g/mol. The molecule has 1 aromatic rings. The molecule has 0 heterocycles. The molecule has 0 radical (unpaired) electrons. The minimum absolute atomic E-state index is 0.479. The summed E-state index contributed by atoms with van der Waals surface area (Å²) in [6.07, 6.45) is 2.40. The zero-order valence-corrected chi connectivity index (χ0v) is 9.43. The molecular weight excluding hydrogens is 194 g/mol. The van der Waals surface area contributed by atoms with Crippen LogP contribution < -0.4 is 5.32 Å². The number of nitrogens with one attached hydrogen (secondary N) is 1. The third kappa shape index (κ3) is 1.79. The van der Waals surface area contributed by atoms with Crippen LogP contribution in [0, 0.1) is 5.92 Å². The maximum atomic E-state index is 6.01. The summed E-state index contributed by atoms with van der Waals surface area (Å²) in [7, 11) is 2.02. The summed E-state index contributed by atoms with van der Waals surface area (Å²) in [6.45, 7) is 2.31. The second-order valence-electron chi connectivity index (χ2n) is 4.23. The van der Waals surface area contributed by atoms with Gasteiger partial charge in [-0.25, -0.2) is 0 Å². The van der Waals surface area contributed by atoms with E-state index >= 15 is 0 Å². The highest BCUT2D eigenvalue weighted by atomic mass is 35.5. The van der Waals surface area contributed by atoms with E-state index in [0.717, 1.165) is 10.9 Å². The Kier molecular flexibility index (Phi) is 2.80. The molecule has 2 rings (SSSR count). The van der Waals surface area contributed by atoms with Gasteiger partial charge in [-0.05, 0) is 49.1 Å². The SMILES string of the molecule is CNC1CC(C)Cc2ccc(Cl)cc21. The first-order valence-corrected chi connectivity index (χ1v) is 5.54. The molecule has 0 amide bonds. The summed E-state index contributed by atoms with van der Waals surface area (Å²) in [5, 5.41) is 4.20. The topological polar surface area (TPSA) is 12.0 Å². The summed E-state index contributed by atoms with van der Waals surface area (Å²) in [5.74, 6) is 0.765. The van der Waals surface area contributed by atoms with E-state index in [1.165, 1.54) is 24.0 Å². The van der Waals surface area contributed by atoms with E-state index in [-0.39, 0.29) is 0 Å². The van der Waals surface area contributed by atoms with Gasteiger partial charge in [-0.15, -0.1) is 0 Å². The molecule has 2 unspecified atom stereocenters. The Balaban J connectivity index is 2.41. The van der Waals surface area contributed by atoms with Gasteiger partial charge in [0.15, 0.2) is 0 Å². The highest BCUT2D eigenvalue weighted by molar-refractivity contribution is 6.30. The summed E-state index contributed by atoms with van der Waals surface area (Å²) in [4.78, 5) is 0. The van der Waals surface area contributed by atoms with Gasteiger partial charge in [-0.2, -0.15) is 0 Å². The van der Waals surface area contributed by atoms with Gasteiger partial charge in [0, 0.05) is 11.1 Å². The molecule has 0 aliphatic heterocycles. The Morgan fingerprint density at radius 2 is 2.21 bits per heavy atom. The van der Waals surface area contributed by atoms with Gasteiger partial charge in [-0.3, -0.25) is 0 Å². The summed E-state index contributed by atoms with van der Waals surface area (Å²) >= 11 is 6.01. The van der Waals surface area contributed by atoms with Crippen LogP contribution in [0.2, 0.25) is 5.02 Å². The minimum Gasteiger partial charge on any atom is -0.313 e. The fourth-order valence-electron chi connectivity index (χ4n) is 2.34. The Hall–Kier alpha value is -0.530. The van der Waals surface area contributed by atoms with E-state index in [2.05, 4.69) is 24.4 Å². The molecule has 0 spiro atoms. The number of hydrogen-bond donors (Lipinski definition) is 1. The van der Waals surface area contributed by atoms with Crippen molar-refractivity contribution in [1.29, 1.82) is 0 Å².